The highest BCUT2D eigenvalue weighted by Gasteiger charge is 2.10. The van der Waals surface area contributed by atoms with Gasteiger partial charge in [0, 0.05) is 5.56 Å². The van der Waals surface area contributed by atoms with E-state index in [4.69, 9.17) is 4.74 Å². The molecule has 1 aromatic rings. The maximum atomic E-state index is 11.9. The molecule has 0 fully saturated rings. The Labute approximate surface area is 126 Å². The molecule has 0 spiro atoms. The van der Waals surface area contributed by atoms with Crippen molar-refractivity contribution < 1.29 is 14.3 Å². The fourth-order valence-corrected chi connectivity index (χ4v) is 1.81. The molecule has 112 valence electrons. The van der Waals surface area contributed by atoms with Crippen LogP contribution < -0.4 is 0 Å². The highest BCUT2D eigenvalue weighted by molar-refractivity contribution is 5.98. The summed E-state index contributed by atoms with van der Waals surface area (Å²) in [5, 5.41) is 0. The van der Waals surface area contributed by atoms with Crippen molar-refractivity contribution in [3.8, 4) is 0 Å². The van der Waals surface area contributed by atoms with Crippen molar-refractivity contribution in [2.24, 2.45) is 0 Å². The number of ether oxygens (including phenoxy) is 1. The lowest BCUT2D eigenvalue weighted by Gasteiger charge is -2.05. The number of allylic oxidation sites excluding steroid dienone is 3. The number of hydrogen-bond acceptors (Lipinski definition) is 3. The molecule has 0 bridgehead atoms. The SMILES string of the molecule is CC(C)=CCCC(C)=CCOC(=O)c1ccccc1C=O. The first-order valence-corrected chi connectivity index (χ1v) is 7.05. The van der Waals surface area contributed by atoms with E-state index in [1.165, 1.54) is 11.1 Å². The van der Waals surface area contributed by atoms with Crippen LogP contribution in [0.5, 0.6) is 0 Å². The molecule has 0 unspecified atom stereocenters. The zero-order valence-electron chi connectivity index (χ0n) is 12.9. The van der Waals surface area contributed by atoms with Gasteiger partial charge in [-0.05, 0) is 45.8 Å². The van der Waals surface area contributed by atoms with Crippen molar-refractivity contribution in [2.45, 2.75) is 33.6 Å². The molecule has 0 aliphatic heterocycles. The van der Waals surface area contributed by atoms with Gasteiger partial charge < -0.3 is 4.74 Å². The van der Waals surface area contributed by atoms with Gasteiger partial charge in [-0.2, -0.15) is 0 Å². The first-order valence-electron chi connectivity index (χ1n) is 7.05. The summed E-state index contributed by atoms with van der Waals surface area (Å²) in [6, 6.07) is 6.62. The zero-order chi connectivity index (χ0) is 15.7. The Balaban J connectivity index is 2.49. The van der Waals surface area contributed by atoms with Gasteiger partial charge in [0.05, 0.1) is 5.56 Å². The van der Waals surface area contributed by atoms with Crippen molar-refractivity contribution in [3.63, 3.8) is 0 Å². The predicted molar refractivity (Wildman–Crippen MR) is 84.5 cm³/mol. The minimum atomic E-state index is -0.467. The van der Waals surface area contributed by atoms with E-state index in [1.807, 2.05) is 13.0 Å². The Bertz CT molecular complexity index is 549. The predicted octanol–water partition coefficient (Wildman–Crippen LogP) is 4.35. The fraction of sp³-hybridized carbons (Fsp3) is 0.333. The molecule has 0 radical (unpaired) electrons. The minimum absolute atomic E-state index is 0.229. The molecule has 0 saturated carbocycles. The number of rotatable bonds is 7. The van der Waals surface area contributed by atoms with Crippen LogP contribution in [0.1, 0.15) is 54.3 Å². The average molecular weight is 286 g/mol. The topological polar surface area (TPSA) is 43.4 Å². The van der Waals surface area contributed by atoms with Crippen molar-refractivity contribution in [1.29, 1.82) is 0 Å². The number of esters is 1. The Morgan fingerprint density at radius 1 is 1.14 bits per heavy atom. The highest BCUT2D eigenvalue weighted by Crippen LogP contribution is 2.09. The van der Waals surface area contributed by atoms with Gasteiger partial charge in [0.25, 0.3) is 0 Å². The Kier molecular flexibility index (Phi) is 7.16. The third-order valence-electron chi connectivity index (χ3n) is 3.05. The van der Waals surface area contributed by atoms with E-state index in [-0.39, 0.29) is 6.61 Å². The molecule has 0 saturated heterocycles. The van der Waals surface area contributed by atoms with Crippen LogP contribution in [-0.4, -0.2) is 18.9 Å². The summed E-state index contributed by atoms with van der Waals surface area (Å²) in [6.45, 7) is 6.40. The van der Waals surface area contributed by atoms with E-state index >= 15 is 0 Å². The van der Waals surface area contributed by atoms with Crippen LogP contribution in [0.25, 0.3) is 0 Å². The first-order chi connectivity index (χ1) is 10.0. The van der Waals surface area contributed by atoms with Crippen LogP contribution in [-0.2, 0) is 4.74 Å². The van der Waals surface area contributed by atoms with E-state index in [9.17, 15) is 9.59 Å². The van der Waals surface area contributed by atoms with Gasteiger partial charge in [0.1, 0.15) is 6.61 Å². The summed E-state index contributed by atoms with van der Waals surface area (Å²) < 4.78 is 5.18. The molecular formula is C18H22O3. The summed E-state index contributed by atoms with van der Waals surface area (Å²) in [6.07, 6.45) is 6.70. The second-order valence-electron chi connectivity index (χ2n) is 5.17. The first kappa shape index (κ1) is 16.9. The van der Waals surface area contributed by atoms with E-state index < -0.39 is 5.97 Å². The maximum Gasteiger partial charge on any atom is 0.339 e. The lowest BCUT2D eigenvalue weighted by molar-refractivity contribution is 0.0546. The molecule has 0 aromatic heterocycles. The molecule has 1 aromatic carbocycles. The summed E-state index contributed by atoms with van der Waals surface area (Å²) in [5.74, 6) is -0.467. The minimum Gasteiger partial charge on any atom is -0.458 e. The molecule has 0 atom stereocenters. The monoisotopic (exact) mass is 286 g/mol. The second kappa shape index (κ2) is 8.90. The molecule has 0 amide bonds. The largest absolute Gasteiger partial charge is 0.458 e. The van der Waals surface area contributed by atoms with E-state index in [0.717, 1.165) is 12.8 Å². The molecule has 0 N–H and O–H groups in total. The average Bonchev–Trinajstić information content (AvgIpc) is 2.46. The standard InChI is InChI=1S/C18H22O3/c1-14(2)7-6-8-15(3)11-12-21-18(20)17-10-5-4-9-16(17)13-19/h4-5,7,9-11,13H,6,8,12H2,1-3H3. The molecule has 0 aliphatic carbocycles. The molecular weight excluding hydrogens is 264 g/mol. The van der Waals surface area contributed by atoms with Crippen LogP contribution >= 0.6 is 0 Å². The van der Waals surface area contributed by atoms with Gasteiger partial charge in [0.15, 0.2) is 6.29 Å². The van der Waals surface area contributed by atoms with Crippen LogP contribution in [0.4, 0.5) is 0 Å². The van der Waals surface area contributed by atoms with Crippen molar-refractivity contribution >= 4 is 12.3 Å². The summed E-state index contributed by atoms with van der Waals surface area (Å²) in [4.78, 5) is 22.8. The lowest BCUT2D eigenvalue weighted by Crippen LogP contribution is -2.08. The van der Waals surface area contributed by atoms with Gasteiger partial charge in [-0.15, -0.1) is 0 Å². The van der Waals surface area contributed by atoms with Crippen molar-refractivity contribution in [1.82, 2.24) is 0 Å². The maximum absolute atomic E-state index is 11.9. The fourth-order valence-electron chi connectivity index (χ4n) is 1.81. The third-order valence-corrected chi connectivity index (χ3v) is 3.05. The number of carbonyl (C=O) groups is 2. The summed E-state index contributed by atoms with van der Waals surface area (Å²) in [7, 11) is 0. The number of benzene rings is 1. The molecule has 3 nitrogen and oxygen atoms in total. The van der Waals surface area contributed by atoms with E-state index in [1.54, 1.807) is 24.3 Å². The lowest BCUT2D eigenvalue weighted by atomic mass is 10.1. The molecule has 21 heavy (non-hydrogen) atoms. The van der Waals surface area contributed by atoms with Gasteiger partial charge in [-0.25, -0.2) is 4.79 Å². The van der Waals surface area contributed by atoms with E-state index in [0.29, 0.717) is 17.4 Å². The second-order valence-corrected chi connectivity index (χ2v) is 5.17. The Morgan fingerprint density at radius 2 is 1.86 bits per heavy atom. The van der Waals surface area contributed by atoms with E-state index in [2.05, 4.69) is 19.9 Å². The van der Waals surface area contributed by atoms with Gasteiger partial charge in [0.2, 0.25) is 0 Å². The quantitative estimate of drug-likeness (QED) is 0.425. The molecule has 1 rings (SSSR count). The summed E-state index contributed by atoms with van der Waals surface area (Å²) in [5.41, 5.74) is 3.15. The Hall–Kier alpha value is -2.16. The number of hydrogen-bond donors (Lipinski definition) is 0. The van der Waals surface area contributed by atoms with Crippen LogP contribution in [0, 0.1) is 0 Å². The van der Waals surface area contributed by atoms with Crippen LogP contribution in [0.2, 0.25) is 0 Å². The molecule has 0 aliphatic rings. The van der Waals surface area contributed by atoms with Crippen LogP contribution in [0.15, 0.2) is 47.6 Å². The normalized spacial score (nSPS) is 10.9. The van der Waals surface area contributed by atoms with Gasteiger partial charge in [-0.3, -0.25) is 4.79 Å². The van der Waals surface area contributed by atoms with Crippen molar-refractivity contribution in [3.05, 3.63) is 58.7 Å². The van der Waals surface area contributed by atoms with Gasteiger partial charge >= 0.3 is 5.97 Å². The summed E-state index contributed by atoms with van der Waals surface area (Å²) >= 11 is 0. The molecule has 3 heteroatoms. The van der Waals surface area contributed by atoms with Gasteiger partial charge in [-0.1, -0.05) is 35.4 Å². The number of aldehydes is 1. The highest BCUT2D eigenvalue weighted by atomic mass is 16.5. The smallest absolute Gasteiger partial charge is 0.339 e. The van der Waals surface area contributed by atoms with Crippen LogP contribution in [0.3, 0.4) is 0 Å². The number of carbonyl (C=O) groups excluding carboxylic acids is 2. The molecule has 0 heterocycles. The third kappa shape index (κ3) is 6.21. The van der Waals surface area contributed by atoms with Crippen molar-refractivity contribution in [2.75, 3.05) is 6.61 Å². The Morgan fingerprint density at radius 3 is 2.52 bits per heavy atom. The zero-order valence-corrected chi connectivity index (χ0v) is 12.9.